The topological polar surface area (TPSA) is 77.9 Å². The van der Waals surface area contributed by atoms with Crippen LogP contribution in [0.15, 0.2) is 22.7 Å². The summed E-state index contributed by atoms with van der Waals surface area (Å²) in [6.07, 6.45) is 3.11. The Morgan fingerprint density at radius 2 is 1.75 bits per heavy atom. The van der Waals surface area contributed by atoms with Gasteiger partial charge in [0.05, 0.1) is 5.56 Å². The molecule has 2 amide bonds. The molecule has 6 nitrogen and oxygen atoms in total. The lowest BCUT2D eigenvalue weighted by atomic mass is 10.0. The third-order valence-corrected chi connectivity index (χ3v) is 5.15. The second-order valence-corrected chi connectivity index (χ2v) is 7.16. The van der Waals surface area contributed by atoms with Crippen molar-refractivity contribution in [3.05, 3.63) is 33.8 Å². The van der Waals surface area contributed by atoms with Gasteiger partial charge >= 0.3 is 5.97 Å². The van der Waals surface area contributed by atoms with E-state index in [4.69, 9.17) is 5.11 Å². The van der Waals surface area contributed by atoms with Crippen molar-refractivity contribution < 1.29 is 19.5 Å². The van der Waals surface area contributed by atoms with Gasteiger partial charge in [-0.1, -0.05) is 15.9 Å². The first-order chi connectivity index (χ1) is 11.5. The third kappa shape index (κ3) is 3.45. The molecule has 2 aliphatic heterocycles. The maximum atomic E-state index is 12.7. The number of carboxylic acid groups (broad SMARTS) is 1. The summed E-state index contributed by atoms with van der Waals surface area (Å²) < 4.78 is 0.572. The number of halogens is 1. The molecule has 1 aromatic rings. The van der Waals surface area contributed by atoms with Crippen molar-refractivity contribution in [3.63, 3.8) is 0 Å². The Labute approximate surface area is 148 Å². The van der Waals surface area contributed by atoms with Crippen LogP contribution in [0, 0.1) is 0 Å². The fraction of sp³-hybridized carbons (Fsp3) is 0.471. The van der Waals surface area contributed by atoms with Crippen LogP contribution in [0.3, 0.4) is 0 Å². The van der Waals surface area contributed by atoms with Crippen molar-refractivity contribution in [1.29, 1.82) is 0 Å². The first-order valence-electron chi connectivity index (χ1n) is 8.08. The summed E-state index contributed by atoms with van der Waals surface area (Å²) in [4.78, 5) is 39.3. The largest absolute Gasteiger partial charge is 0.478 e. The molecule has 0 unspecified atom stereocenters. The first kappa shape index (κ1) is 17.0. The SMILES string of the molecule is O=C(O)c1cc(Br)cc(C(=O)N2CCC(N3CCCC3=O)CC2)c1. The van der Waals surface area contributed by atoms with Gasteiger partial charge < -0.3 is 14.9 Å². The molecule has 7 heteroatoms. The molecular formula is C17H19BrN2O4. The highest BCUT2D eigenvalue weighted by Gasteiger charge is 2.32. The number of rotatable bonds is 3. The summed E-state index contributed by atoms with van der Waals surface area (Å²) >= 11 is 3.26. The number of nitrogens with zero attached hydrogens (tertiary/aromatic N) is 2. The number of hydrogen-bond acceptors (Lipinski definition) is 3. The summed E-state index contributed by atoms with van der Waals surface area (Å²) in [5, 5.41) is 9.12. The van der Waals surface area contributed by atoms with Gasteiger partial charge in [-0.15, -0.1) is 0 Å². The predicted molar refractivity (Wildman–Crippen MR) is 91.0 cm³/mol. The Morgan fingerprint density at radius 3 is 2.33 bits per heavy atom. The molecule has 0 radical (unpaired) electrons. The highest BCUT2D eigenvalue weighted by Crippen LogP contribution is 2.24. The quantitative estimate of drug-likeness (QED) is 0.853. The Balaban J connectivity index is 1.67. The van der Waals surface area contributed by atoms with Crippen molar-refractivity contribution >= 4 is 33.7 Å². The summed E-state index contributed by atoms with van der Waals surface area (Å²) in [5.74, 6) is -1.00. The first-order valence-corrected chi connectivity index (χ1v) is 8.87. The van der Waals surface area contributed by atoms with Crippen molar-refractivity contribution in [2.75, 3.05) is 19.6 Å². The molecule has 1 N–H and O–H groups in total. The average molecular weight is 395 g/mol. The second kappa shape index (κ2) is 6.93. The summed E-state index contributed by atoms with van der Waals surface area (Å²) in [7, 11) is 0. The van der Waals surface area contributed by atoms with E-state index in [9.17, 15) is 14.4 Å². The normalized spacial score (nSPS) is 19.0. The number of carboxylic acids is 1. The van der Waals surface area contributed by atoms with Crippen LogP contribution in [0.5, 0.6) is 0 Å². The number of aromatic carboxylic acids is 1. The molecule has 128 valence electrons. The molecule has 2 fully saturated rings. The summed E-state index contributed by atoms with van der Waals surface area (Å²) in [5.41, 5.74) is 0.461. The van der Waals surface area contributed by atoms with Gasteiger partial charge in [0, 0.05) is 42.1 Å². The molecule has 0 aromatic heterocycles. The fourth-order valence-electron chi connectivity index (χ4n) is 3.45. The van der Waals surface area contributed by atoms with Gasteiger partial charge in [-0.3, -0.25) is 9.59 Å². The molecule has 0 saturated carbocycles. The van der Waals surface area contributed by atoms with Crippen LogP contribution in [0.25, 0.3) is 0 Å². The van der Waals surface area contributed by atoms with E-state index in [-0.39, 0.29) is 23.4 Å². The van der Waals surface area contributed by atoms with E-state index in [0.29, 0.717) is 29.5 Å². The molecule has 2 aliphatic rings. The molecule has 2 heterocycles. The molecule has 0 spiro atoms. The highest BCUT2D eigenvalue weighted by atomic mass is 79.9. The van der Waals surface area contributed by atoms with Gasteiger partial charge in [0.2, 0.25) is 5.91 Å². The van der Waals surface area contributed by atoms with Gasteiger partial charge in [-0.2, -0.15) is 0 Å². The molecule has 0 bridgehead atoms. The number of carbonyl (C=O) groups excluding carboxylic acids is 2. The lowest BCUT2D eigenvalue weighted by Gasteiger charge is -2.36. The minimum atomic E-state index is -1.06. The molecule has 0 atom stereocenters. The number of amides is 2. The van der Waals surface area contributed by atoms with Crippen molar-refractivity contribution in [2.24, 2.45) is 0 Å². The number of piperidine rings is 1. The zero-order valence-electron chi connectivity index (χ0n) is 13.2. The van der Waals surface area contributed by atoms with Gasteiger partial charge in [0.15, 0.2) is 0 Å². The van der Waals surface area contributed by atoms with Crippen molar-refractivity contribution in [2.45, 2.75) is 31.7 Å². The molecule has 0 aliphatic carbocycles. The van der Waals surface area contributed by atoms with E-state index in [1.807, 2.05) is 4.90 Å². The minimum absolute atomic E-state index is 0.0882. The lowest BCUT2D eigenvalue weighted by molar-refractivity contribution is -0.130. The number of carbonyl (C=O) groups is 3. The number of hydrogen-bond donors (Lipinski definition) is 1. The van der Waals surface area contributed by atoms with Gasteiger partial charge in [0.25, 0.3) is 5.91 Å². The van der Waals surface area contributed by atoms with Crippen molar-refractivity contribution in [3.8, 4) is 0 Å². The van der Waals surface area contributed by atoms with Gasteiger partial charge in [-0.05, 0) is 37.5 Å². The summed E-state index contributed by atoms with van der Waals surface area (Å²) in [6, 6.07) is 4.75. The molecular weight excluding hydrogens is 376 g/mol. The maximum absolute atomic E-state index is 12.7. The molecule has 3 rings (SSSR count). The van der Waals surface area contributed by atoms with Crippen LogP contribution >= 0.6 is 15.9 Å². The highest BCUT2D eigenvalue weighted by molar-refractivity contribution is 9.10. The fourth-order valence-corrected chi connectivity index (χ4v) is 3.95. The van der Waals surface area contributed by atoms with Crippen LogP contribution in [-0.4, -0.2) is 58.4 Å². The van der Waals surface area contributed by atoms with Gasteiger partial charge in [-0.25, -0.2) is 4.79 Å². The average Bonchev–Trinajstić information content (AvgIpc) is 2.99. The Morgan fingerprint density at radius 1 is 1.08 bits per heavy atom. The standard InChI is InChI=1S/C17H19BrN2O4/c18-13-9-11(8-12(10-13)17(23)24)16(22)19-6-3-14(4-7-19)20-5-1-2-15(20)21/h8-10,14H,1-7H2,(H,23,24). The van der Waals surface area contributed by atoms with E-state index in [1.165, 1.54) is 12.1 Å². The molecule has 2 saturated heterocycles. The van der Waals surface area contributed by atoms with Crippen LogP contribution in [0.4, 0.5) is 0 Å². The zero-order chi connectivity index (χ0) is 17.3. The van der Waals surface area contributed by atoms with Crippen LogP contribution in [-0.2, 0) is 4.79 Å². The molecule has 1 aromatic carbocycles. The van der Waals surface area contributed by atoms with Crippen LogP contribution in [0.2, 0.25) is 0 Å². The Bertz CT molecular complexity index is 683. The Kier molecular flexibility index (Phi) is 4.89. The van der Waals surface area contributed by atoms with Gasteiger partial charge in [0.1, 0.15) is 0 Å². The number of likely N-dealkylation sites (tertiary alicyclic amines) is 2. The lowest BCUT2D eigenvalue weighted by Crippen LogP contribution is -2.47. The maximum Gasteiger partial charge on any atom is 0.335 e. The van der Waals surface area contributed by atoms with E-state index in [1.54, 1.807) is 11.0 Å². The second-order valence-electron chi connectivity index (χ2n) is 6.25. The zero-order valence-corrected chi connectivity index (χ0v) is 14.8. The Hall–Kier alpha value is -1.89. The van der Waals surface area contributed by atoms with E-state index < -0.39 is 5.97 Å². The van der Waals surface area contributed by atoms with Crippen molar-refractivity contribution in [1.82, 2.24) is 9.80 Å². The third-order valence-electron chi connectivity index (χ3n) is 4.69. The van der Waals surface area contributed by atoms with Crippen LogP contribution in [0.1, 0.15) is 46.4 Å². The summed E-state index contributed by atoms with van der Waals surface area (Å²) in [6.45, 7) is 2.00. The van der Waals surface area contributed by atoms with E-state index >= 15 is 0 Å². The van der Waals surface area contributed by atoms with Crippen LogP contribution < -0.4 is 0 Å². The predicted octanol–water partition coefficient (Wildman–Crippen LogP) is 2.37. The monoisotopic (exact) mass is 394 g/mol. The van der Waals surface area contributed by atoms with E-state index in [2.05, 4.69) is 15.9 Å². The molecule has 24 heavy (non-hydrogen) atoms. The van der Waals surface area contributed by atoms with E-state index in [0.717, 1.165) is 25.8 Å². The minimum Gasteiger partial charge on any atom is -0.478 e. The smallest absolute Gasteiger partial charge is 0.335 e. The number of benzene rings is 1.